The third-order valence-corrected chi connectivity index (χ3v) is 5.68. The Morgan fingerprint density at radius 2 is 2.06 bits per heavy atom. The Bertz CT molecular complexity index is 1190. The van der Waals surface area contributed by atoms with Crippen LogP contribution in [0.5, 0.6) is 0 Å². The molecule has 0 aliphatic heterocycles. The Kier molecular flexibility index (Phi) is 6.19. The van der Waals surface area contributed by atoms with E-state index in [2.05, 4.69) is 26.8 Å². The van der Waals surface area contributed by atoms with Crippen molar-refractivity contribution in [1.29, 1.82) is 5.26 Å². The van der Waals surface area contributed by atoms with Gasteiger partial charge in [0.25, 0.3) is 5.56 Å². The molecule has 2 atom stereocenters. The number of aromatic amines is 1. The molecule has 1 aliphatic carbocycles. The second-order valence-electron chi connectivity index (χ2n) is 7.99. The largest absolute Gasteiger partial charge is 0.401 e. The first-order valence-electron chi connectivity index (χ1n) is 10.5. The predicted molar refractivity (Wildman–Crippen MR) is 114 cm³/mol. The summed E-state index contributed by atoms with van der Waals surface area (Å²) in [7, 11) is 0. The van der Waals surface area contributed by atoms with Crippen LogP contribution >= 0.6 is 0 Å². The first kappa shape index (κ1) is 21.9. The molecular formula is C22H23F3N6O. The molecular weight excluding hydrogens is 421 g/mol. The Labute approximate surface area is 182 Å². The normalized spacial score (nSPS) is 19.1. The molecule has 10 heteroatoms. The summed E-state index contributed by atoms with van der Waals surface area (Å²) in [6.45, 7) is -1.02. The summed E-state index contributed by atoms with van der Waals surface area (Å²) < 4.78 is 38.9. The molecule has 1 saturated carbocycles. The van der Waals surface area contributed by atoms with E-state index in [9.17, 15) is 23.2 Å². The lowest BCUT2D eigenvalue weighted by atomic mass is 9.85. The van der Waals surface area contributed by atoms with Crippen molar-refractivity contribution in [3.63, 3.8) is 0 Å². The number of H-pyrrole nitrogens is 1. The number of alkyl halides is 3. The zero-order valence-corrected chi connectivity index (χ0v) is 17.2. The summed E-state index contributed by atoms with van der Waals surface area (Å²) in [5, 5.41) is 20.2. The van der Waals surface area contributed by atoms with Crippen LogP contribution < -0.4 is 16.2 Å². The third-order valence-electron chi connectivity index (χ3n) is 5.68. The van der Waals surface area contributed by atoms with Gasteiger partial charge in [0.05, 0.1) is 30.1 Å². The fraction of sp³-hybridized carbons (Fsp3) is 0.409. The average molecular weight is 444 g/mol. The monoisotopic (exact) mass is 444 g/mol. The van der Waals surface area contributed by atoms with Gasteiger partial charge in [-0.3, -0.25) is 9.48 Å². The van der Waals surface area contributed by atoms with Crippen molar-refractivity contribution in [2.24, 2.45) is 5.92 Å². The first-order chi connectivity index (χ1) is 15.4. The number of hydrogen-bond acceptors (Lipinski definition) is 5. The van der Waals surface area contributed by atoms with Gasteiger partial charge in [0.1, 0.15) is 5.39 Å². The van der Waals surface area contributed by atoms with Crippen LogP contribution in [-0.2, 0) is 6.54 Å². The number of rotatable bonds is 6. The molecule has 2 aromatic heterocycles. The van der Waals surface area contributed by atoms with E-state index in [1.165, 1.54) is 0 Å². The molecule has 4 rings (SSSR count). The van der Waals surface area contributed by atoms with Crippen LogP contribution in [0.3, 0.4) is 0 Å². The maximum atomic E-state index is 12.6. The Hall–Kier alpha value is -3.32. The molecule has 2 unspecified atom stereocenters. The molecule has 32 heavy (non-hydrogen) atoms. The number of nitriles is 1. The highest BCUT2D eigenvalue weighted by molar-refractivity contribution is 5.91. The quantitative estimate of drug-likeness (QED) is 0.524. The molecule has 3 aromatic rings. The third kappa shape index (κ3) is 4.78. The van der Waals surface area contributed by atoms with Gasteiger partial charge in [0.2, 0.25) is 0 Å². The number of hydrogen-bond donors (Lipinski definition) is 3. The summed E-state index contributed by atoms with van der Waals surface area (Å²) >= 11 is 0. The second kappa shape index (κ2) is 9.04. The standard InChI is InChI=1S/C22H23F3N6O/c23-22(24,25)13-27-12-14-4-3-6-16(10-14)29-20-19-18(8-9-28-21(19)32)31(30-20)17-7-2-1-5-15(17)11-26/h3-4,6,8-10,15,17,27H,1-2,5,7,12-13H2,(H,28,32)(H,29,30). The molecule has 0 radical (unpaired) electrons. The van der Waals surface area contributed by atoms with E-state index in [1.807, 2.05) is 0 Å². The van der Waals surface area contributed by atoms with E-state index >= 15 is 0 Å². The molecule has 168 valence electrons. The van der Waals surface area contributed by atoms with E-state index in [1.54, 1.807) is 41.2 Å². The average Bonchev–Trinajstić information content (AvgIpc) is 3.12. The number of anilines is 2. The van der Waals surface area contributed by atoms with Gasteiger partial charge in [0, 0.05) is 18.4 Å². The highest BCUT2D eigenvalue weighted by atomic mass is 19.4. The van der Waals surface area contributed by atoms with Gasteiger partial charge in [-0.15, -0.1) is 0 Å². The Morgan fingerprint density at radius 1 is 1.25 bits per heavy atom. The molecule has 1 aromatic carbocycles. The minimum absolute atomic E-state index is 0.0523. The number of benzene rings is 1. The summed E-state index contributed by atoms with van der Waals surface area (Å²) in [6.07, 6.45) is 0.869. The molecule has 1 aliphatic rings. The van der Waals surface area contributed by atoms with E-state index in [-0.39, 0.29) is 24.1 Å². The number of pyridine rings is 1. The molecule has 0 saturated heterocycles. The van der Waals surface area contributed by atoms with Crippen molar-refractivity contribution in [2.75, 3.05) is 11.9 Å². The number of aromatic nitrogens is 3. The van der Waals surface area contributed by atoms with Crippen molar-refractivity contribution in [2.45, 2.75) is 44.4 Å². The van der Waals surface area contributed by atoms with Crippen molar-refractivity contribution < 1.29 is 13.2 Å². The maximum Gasteiger partial charge on any atom is 0.401 e. The molecule has 7 nitrogen and oxygen atoms in total. The van der Waals surface area contributed by atoms with E-state index in [0.717, 1.165) is 25.7 Å². The molecule has 2 heterocycles. The minimum Gasteiger partial charge on any atom is -0.338 e. The molecule has 1 fully saturated rings. The van der Waals surface area contributed by atoms with Gasteiger partial charge >= 0.3 is 6.18 Å². The summed E-state index contributed by atoms with van der Waals surface area (Å²) in [4.78, 5) is 15.3. The lowest BCUT2D eigenvalue weighted by Crippen LogP contribution is -2.28. The zero-order chi connectivity index (χ0) is 22.7. The lowest BCUT2D eigenvalue weighted by Gasteiger charge is -2.27. The fourth-order valence-corrected chi connectivity index (χ4v) is 4.24. The highest BCUT2D eigenvalue weighted by Gasteiger charge is 2.30. The maximum absolute atomic E-state index is 12.6. The number of nitrogens with zero attached hydrogens (tertiary/aromatic N) is 3. The number of nitrogens with one attached hydrogen (secondary N) is 3. The molecule has 0 amide bonds. The second-order valence-corrected chi connectivity index (χ2v) is 7.99. The van der Waals surface area contributed by atoms with Crippen molar-refractivity contribution in [1.82, 2.24) is 20.1 Å². The van der Waals surface area contributed by atoms with Gasteiger partial charge < -0.3 is 15.6 Å². The first-order valence-corrected chi connectivity index (χ1v) is 10.5. The predicted octanol–water partition coefficient (Wildman–Crippen LogP) is 4.37. The Balaban J connectivity index is 1.64. The van der Waals surface area contributed by atoms with Crippen LogP contribution in [0.25, 0.3) is 10.9 Å². The van der Waals surface area contributed by atoms with Crippen LogP contribution in [0.2, 0.25) is 0 Å². The number of fused-ring (bicyclic) bond motifs is 1. The van der Waals surface area contributed by atoms with E-state index < -0.39 is 12.7 Å². The van der Waals surface area contributed by atoms with E-state index in [0.29, 0.717) is 28.0 Å². The fourth-order valence-electron chi connectivity index (χ4n) is 4.24. The lowest BCUT2D eigenvalue weighted by molar-refractivity contribution is -0.125. The van der Waals surface area contributed by atoms with Gasteiger partial charge in [-0.1, -0.05) is 25.0 Å². The molecule has 3 N–H and O–H groups in total. The molecule has 0 spiro atoms. The van der Waals surface area contributed by atoms with Crippen LogP contribution in [0, 0.1) is 17.2 Å². The Morgan fingerprint density at radius 3 is 2.84 bits per heavy atom. The van der Waals surface area contributed by atoms with Crippen LogP contribution in [0.1, 0.15) is 37.3 Å². The number of halogens is 3. The van der Waals surface area contributed by atoms with Crippen molar-refractivity contribution in [3.05, 3.63) is 52.4 Å². The minimum atomic E-state index is -4.27. The van der Waals surface area contributed by atoms with Crippen molar-refractivity contribution in [3.8, 4) is 6.07 Å². The van der Waals surface area contributed by atoms with Crippen molar-refractivity contribution >= 4 is 22.4 Å². The smallest absolute Gasteiger partial charge is 0.338 e. The zero-order valence-electron chi connectivity index (χ0n) is 17.2. The highest BCUT2D eigenvalue weighted by Crippen LogP contribution is 2.36. The topological polar surface area (TPSA) is 98.5 Å². The van der Waals surface area contributed by atoms with Crippen LogP contribution in [0.4, 0.5) is 24.7 Å². The molecule has 0 bridgehead atoms. The SMILES string of the molecule is N#CC1CCCCC1n1nc(Nc2cccc(CNCC(F)(F)F)c2)c2c(=O)[nH]ccc21. The van der Waals surface area contributed by atoms with Gasteiger partial charge in [0.15, 0.2) is 5.82 Å². The summed E-state index contributed by atoms with van der Waals surface area (Å²) in [6, 6.07) is 10.9. The van der Waals surface area contributed by atoms with Crippen LogP contribution in [0.15, 0.2) is 41.3 Å². The summed E-state index contributed by atoms with van der Waals surface area (Å²) in [5.74, 6) is 0.173. The van der Waals surface area contributed by atoms with Gasteiger partial charge in [-0.25, -0.2) is 0 Å². The van der Waals surface area contributed by atoms with Gasteiger partial charge in [-0.05, 0) is 36.6 Å². The van der Waals surface area contributed by atoms with Crippen LogP contribution in [-0.4, -0.2) is 27.5 Å². The van der Waals surface area contributed by atoms with E-state index in [4.69, 9.17) is 0 Å². The summed E-state index contributed by atoms with van der Waals surface area (Å²) in [5.41, 5.74) is 1.61. The van der Waals surface area contributed by atoms with Gasteiger partial charge in [-0.2, -0.15) is 23.5 Å².